The summed E-state index contributed by atoms with van der Waals surface area (Å²) >= 11 is 0. The Balaban J connectivity index is 2.68. The number of nitro groups is 1. The smallest absolute Gasteiger partial charge is 0.312 e. The second-order valence-corrected chi connectivity index (χ2v) is 6.46. The van der Waals surface area contributed by atoms with Crippen molar-refractivity contribution in [3.05, 3.63) is 28.3 Å². The fraction of sp³-hybridized carbons (Fsp3) is 0.462. The van der Waals surface area contributed by atoms with Gasteiger partial charge >= 0.3 is 11.7 Å². The molecule has 0 fully saturated rings. The van der Waals surface area contributed by atoms with Crippen molar-refractivity contribution in [3.8, 4) is 5.75 Å². The van der Waals surface area contributed by atoms with Crippen LogP contribution in [0.4, 0.5) is 5.69 Å². The molecular formula is C13H18N2O7S. The van der Waals surface area contributed by atoms with Crippen molar-refractivity contribution >= 4 is 21.7 Å². The molecule has 0 bridgehead atoms. The number of nitro benzene ring substituents is 1. The predicted octanol–water partition coefficient (Wildman–Crippen LogP) is 1.53. The number of ether oxygens (including phenoxy) is 1. The van der Waals surface area contributed by atoms with E-state index in [1.54, 1.807) is 0 Å². The maximum Gasteiger partial charge on any atom is 0.312 e. The minimum atomic E-state index is -3.87. The van der Waals surface area contributed by atoms with Crippen LogP contribution in [0.15, 0.2) is 23.1 Å². The number of carboxylic acid groups (broad SMARTS) is 1. The van der Waals surface area contributed by atoms with Gasteiger partial charge in [0, 0.05) is 19.0 Å². The largest absolute Gasteiger partial charge is 0.490 e. The number of nitrogens with one attached hydrogen (secondary N) is 1. The number of rotatable bonds is 10. The molecule has 0 amide bonds. The second kappa shape index (κ2) is 8.44. The first-order chi connectivity index (χ1) is 10.8. The molecule has 0 aliphatic rings. The number of benzene rings is 1. The van der Waals surface area contributed by atoms with Gasteiger partial charge in [-0.05, 0) is 25.0 Å². The van der Waals surface area contributed by atoms with Crippen LogP contribution in [0.25, 0.3) is 0 Å². The Morgan fingerprint density at radius 3 is 2.61 bits per heavy atom. The van der Waals surface area contributed by atoms with Gasteiger partial charge in [-0.2, -0.15) is 0 Å². The Labute approximate surface area is 133 Å². The average Bonchev–Trinajstić information content (AvgIpc) is 2.49. The third-order valence-electron chi connectivity index (χ3n) is 3.02. The van der Waals surface area contributed by atoms with Gasteiger partial charge in [0.15, 0.2) is 5.75 Å². The van der Waals surface area contributed by atoms with Crippen LogP contribution < -0.4 is 9.46 Å². The van der Waals surface area contributed by atoms with Crippen molar-refractivity contribution < 1.29 is 28.0 Å². The number of unbranched alkanes of at least 4 members (excludes halogenated alkanes) is 2. The summed E-state index contributed by atoms with van der Waals surface area (Å²) in [7, 11) is -2.62. The minimum Gasteiger partial charge on any atom is -0.490 e. The molecule has 128 valence electrons. The van der Waals surface area contributed by atoms with E-state index in [9.17, 15) is 23.3 Å². The molecule has 9 nitrogen and oxygen atoms in total. The predicted molar refractivity (Wildman–Crippen MR) is 80.9 cm³/mol. The van der Waals surface area contributed by atoms with Crippen molar-refractivity contribution in [2.45, 2.75) is 30.6 Å². The number of aliphatic carboxylic acids is 1. The van der Waals surface area contributed by atoms with Gasteiger partial charge in [-0.25, -0.2) is 13.1 Å². The van der Waals surface area contributed by atoms with Gasteiger partial charge in [0.25, 0.3) is 0 Å². The van der Waals surface area contributed by atoms with Crippen LogP contribution in [0.5, 0.6) is 5.75 Å². The highest BCUT2D eigenvalue weighted by Gasteiger charge is 2.21. The van der Waals surface area contributed by atoms with E-state index in [1.165, 1.54) is 19.2 Å². The number of hydrogen-bond acceptors (Lipinski definition) is 6. The number of carbonyl (C=O) groups is 1. The van der Waals surface area contributed by atoms with Crippen LogP contribution in [0.3, 0.4) is 0 Å². The zero-order valence-electron chi connectivity index (χ0n) is 12.5. The molecule has 0 aliphatic carbocycles. The van der Waals surface area contributed by atoms with E-state index in [-0.39, 0.29) is 23.6 Å². The normalized spacial score (nSPS) is 11.2. The van der Waals surface area contributed by atoms with Gasteiger partial charge < -0.3 is 9.84 Å². The summed E-state index contributed by atoms with van der Waals surface area (Å²) in [6.07, 6.45) is 1.55. The van der Waals surface area contributed by atoms with Gasteiger partial charge in [0.05, 0.1) is 16.9 Å². The lowest BCUT2D eigenvalue weighted by Gasteiger charge is -2.08. The fourth-order valence-corrected chi connectivity index (χ4v) is 2.94. The topological polar surface area (TPSA) is 136 Å². The molecule has 1 rings (SSSR count). The molecule has 0 unspecified atom stereocenters. The first kappa shape index (κ1) is 18.8. The Morgan fingerprint density at radius 1 is 1.35 bits per heavy atom. The van der Waals surface area contributed by atoms with Gasteiger partial charge in [0.2, 0.25) is 10.0 Å². The molecule has 10 heteroatoms. The summed E-state index contributed by atoms with van der Waals surface area (Å²) in [6, 6.07) is 3.38. The van der Waals surface area contributed by atoms with Gasteiger partial charge in [-0.15, -0.1) is 0 Å². The van der Waals surface area contributed by atoms with Gasteiger partial charge in [-0.1, -0.05) is 6.42 Å². The van der Waals surface area contributed by atoms with E-state index in [0.717, 1.165) is 6.07 Å². The summed E-state index contributed by atoms with van der Waals surface area (Å²) in [5.41, 5.74) is -0.433. The standard InChI is InChI=1S/C13H18N2O7S/c1-22-12-7-6-10(9-11(12)15(18)19)23(20,21)14-8-4-2-3-5-13(16)17/h6-7,9,14H,2-5,8H2,1H3,(H,16,17). The first-order valence-electron chi connectivity index (χ1n) is 6.82. The lowest BCUT2D eigenvalue weighted by atomic mass is 10.2. The Hall–Kier alpha value is -2.20. The highest BCUT2D eigenvalue weighted by atomic mass is 32.2. The zero-order chi connectivity index (χ0) is 17.5. The zero-order valence-corrected chi connectivity index (χ0v) is 13.3. The van der Waals surface area contributed by atoms with E-state index in [1.807, 2.05) is 0 Å². The van der Waals surface area contributed by atoms with Gasteiger partial charge in [0.1, 0.15) is 0 Å². The summed E-state index contributed by atoms with van der Waals surface area (Å²) in [5.74, 6) is -0.918. The van der Waals surface area contributed by atoms with E-state index < -0.39 is 26.6 Å². The van der Waals surface area contributed by atoms with Gasteiger partial charge in [-0.3, -0.25) is 14.9 Å². The fourth-order valence-electron chi connectivity index (χ4n) is 1.85. The third-order valence-corrected chi connectivity index (χ3v) is 4.48. The van der Waals surface area contributed by atoms with Crippen molar-refractivity contribution in [2.75, 3.05) is 13.7 Å². The third kappa shape index (κ3) is 5.83. The second-order valence-electron chi connectivity index (χ2n) is 4.69. The lowest BCUT2D eigenvalue weighted by Crippen LogP contribution is -2.24. The van der Waals surface area contributed by atoms with Crippen molar-refractivity contribution in [3.63, 3.8) is 0 Å². The Bertz CT molecular complexity index is 673. The van der Waals surface area contributed by atoms with Crippen LogP contribution in [0.1, 0.15) is 25.7 Å². The van der Waals surface area contributed by atoms with E-state index in [4.69, 9.17) is 9.84 Å². The van der Waals surface area contributed by atoms with Crippen LogP contribution in [0, 0.1) is 10.1 Å². The Morgan fingerprint density at radius 2 is 2.04 bits per heavy atom. The highest BCUT2D eigenvalue weighted by molar-refractivity contribution is 7.89. The monoisotopic (exact) mass is 346 g/mol. The number of nitrogens with zero attached hydrogens (tertiary/aromatic N) is 1. The van der Waals surface area contributed by atoms with Crippen LogP contribution in [0.2, 0.25) is 0 Å². The molecule has 0 atom stereocenters. The van der Waals surface area contributed by atoms with E-state index in [2.05, 4.69) is 4.72 Å². The lowest BCUT2D eigenvalue weighted by molar-refractivity contribution is -0.386. The molecule has 1 aromatic carbocycles. The molecule has 2 N–H and O–H groups in total. The molecule has 0 saturated carbocycles. The summed E-state index contributed by atoms with van der Waals surface area (Å²) < 4.78 is 31.3. The van der Waals surface area contributed by atoms with Crippen LogP contribution in [-0.2, 0) is 14.8 Å². The van der Waals surface area contributed by atoms with Crippen molar-refractivity contribution in [1.82, 2.24) is 4.72 Å². The van der Waals surface area contributed by atoms with Crippen LogP contribution >= 0.6 is 0 Å². The number of methoxy groups -OCH3 is 1. The average molecular weight is 346 g/mol. The number of hydrogen-bond donors (Lipinski definition) is 2. The number of sulfonamides is 1. The summed E-state index contributed by atoms with van der Waals surface area (Å²) in [6.45, 7) is 0.127. The molecule has 0 spiro atoms. The summed E-state index contributed by atoms with van der Waals surface area (Å²) in [5, 5.41) is 19.4. The Kier molecular flexibility index (Phi) is 6.91. The molecule has 0 heterocycles. The molecule has 23 heavy (non-hydrogen) atoms. The van der Waals surface area contributed by atoms with Crippen molar-refractivity contribution in [1.29, 1.82) is 0 Å². The number of carboxylic acids is 1. The maximum absolute atomic E-state index is 12.1. The van der Waals surface area contributed by atoms with Crippen molar-refractivity contribution in [2.24, 2.45) is 0 Å². The SMILES string of the molecule is COc1ccc(S(=O)(=O)NCCCCCC(=O)O)cc1[N+](=O)[O-]. The molecule has 0 radical (unpaired) electrons. The van der Waals surface area contributed by atoms with E-state index >= 15 is 0 Å². The quantitative estimate of drug-likeness (QED) is 0.372. The molecule has 0 aromatic heterocycles. The highest BCUT2D eigenvalue weighted by Crippen LogP contribution is 2.29. The first-order valence-corrected chi connectivity index (χ1v) is 8.30. The molecular weight excluding hydrogens is 328 g/mol. The maximum atomic E-state index is 12.1. The van der Waals surface area contributed by atoms with Crippen LogP contribution in [-0.4, -0.2) is 38.1 Å². The van der Waals surface area contributed by atoms with E-state index in [0.29, 0.717) is 19.3 Å². The molecule has 0 saturated heterocycles. The molecule has 0 aliphatic heterocycles. The summed E-state index contributed by atoms with van der Waals surface area (Å²) in [4.78, 5) is 20.3. The molecule has 1 aromatic rings. The minimum absolute atomic E-state index is 0.0254.